The SMILES string of the molecule is Cc1c(-c2c(C)c3c(c(C)c2C(OC(C)(C)C)C(=O)O[C@H]2C[C@H](C)CC[C@H]2C(C)C)CCN(C(=O)C(F)(F)F)C3)cc(F)c2c1CCCO2. The van der Waals surface area contributed by atoms with Crippen LogP contribution in [-0.4, -0.2) is 47.8 Å². The van der Waals surface area contributed by atoms with Gasteiger partial charge in [0, 0.05) is 24.2 Å². The molecule has 2 aromatic rings. The molecule has 0 radical (unpaired) electrons. The fourth-order valence-electron chi connectivity index (χ4n) is 8.21. The Morgan fingerprint density at radius 1 is 0.980 bits per heavy atom. The first-order valence-corrected chi connectivity index (χ1v) is 17.6. The minimum atomic E-state index is -5.01. The van der Waals surface area contributed by atoms with E-state index in [0.717, 1.165) is 40.9 Å². The number of carbonyl (C=O) groups is 2. The summed E-state index contributed by atoms with van der Waals surface area (Å²) in [6, 6.07) is 1.40. The summed E-state index contributed by atoms with van der Waals surface area (Å²) >= 11 is 0. The zero-order valence-electron chi connectivity index (χ0n) is 30.3. The maximum Gasteiger partial charge on any atom is 0.471 e. The Bertz CT molecular complexity index is 1610. The number of amides is 1. The number of halogens is 4. The number of hydrogen-bond acceptors (Lipinski definition) is 5. The smallest absolute Gasteiger partial charge is 0.471 e. The van der Waals surface area contributed by atoms with E-state index < -0.39 is 35.6 Å². The van der Waals surface area contributed by atoms with Crippen molar-refractivity contribution in [3.8, 4) is 16.9 Å². The third kappa shape index (κ3) is 7.49. The third-order valence-corrected chi connectivity index (χ3v) is 10.7. The van der Waals surface area contributed by atoms with Crippen LogP contribution in [0.2, 0.25) is 0 Å². The molecule has 1 unspecified atom stereocenters. The van der Waals surface area contributed by atoms with E-state index in [1.54, 1.807) is 6.92 Å². The summed E-state index contributed by atoms with van der Waals surface area (Å²) in [5, 5.41) is 0. The number of fused-ring (bicyclic) bond motifs is 2. The molecule has 0 aromatic heterocycles. The topological polar surface area (TPSA) is 65.1 Å². The van der Waals surface area contributed by atoms with Gasteiger partial charge in [-0.2, -0.15) is 13.2 Å². The molecule has 10 heteroatoms. The van der Waals surface area contributed by atoms with Gasteiger partial charge in [0.2, 0.25) is 0 Å². The normalized spacial score (nSPS) is 21.9. The molecule has 6 nitrogen and oxygen atoms in total. The van der Waals surface area contributed by atoms with E-state index in [2.05, 4.69) is 20.8 Å². The summed E-state index contributed by atoms with van der Waals surface area (Å²) in [7, 11) is 0. The van der Waals surface area contributed by atoms with E-state index in [9.17, 15) is 22.8 Å². The van der Waals surface area contributed by atoms with Crippen LogP contribution in [0.3, 0.4) is 0 Å². The van der Waals surface area contributed by atoms with Gasteiger partial charge in [0.05, 0.1) is 12.2 Å². The van der Waals surface area contributed by atoms with Gasteiger partial charge in [0.25, 0.3) is 0 Å². The van der Waals surface area contributed by atoms with Crippen LogP contribution < -0.4 is 4.74 Å². The number of esters is 1. The Labute approximate surface area is 287 Å². The van der Waals surface area contributed by atoms with Gasteiger partial charge in [0.15, 0.2) is 17.7 Å². The molecule has 1 amide bonds. The zero-order chi connectivity index (χ0) is 36.2. The van der Waals surface area contributed by atoms with E-state index in [-0.39, 0.29) is 37.3 Å². The average Bonchev–Trinajstić information content (AvgIpc) is 3.02. The molecule has 0 saturated heterocycles. The van der Waals surface area contributed by atoms with Crippen molar-refractivity contribution in [2.24, 2.45) is 17.8 Å². The molecule has 0 N–H and O–H groups in total. The number of rotatable bonds is 6. The zero-order valence-corrected chi connectivity index (χ0v) is 30.3. The molecular weight excluding hydrogens is 638 g/mol. The van der Waals surface area contributed by atoms with Crippen LogP contribution in [0.5, 0.6) is 5.75 Å². The highest BCUT2D eigenvalue weighted by molar-refractivity contribution is 5.87. The van der Waals surface area contributed by atoms with Gasteiger partial charge in [-0.25, -0.2) is 9.18 Å². The first kappa shape index (κ1) is 37.1. The molecule has 3 aliphatic rings. The monoisotopic (exact) mass is 689 g/mol. The molecule has 1 saturated carbocycles. The molecule has 0 bridgehead atoms. The summed E-state index contributed by atoms with van der Waals surface area (Å²) in [6.07, 6.45) is -2.29. The van der Waals surface area contributed by atoms with Crippen molar-refractivity contribution >= 4 is 11.9 Å². The minimum Gasteiger partial charge on any atom is -0.490 e. The van der Waals surface area contributed by atoms with Crippen molar-refractivity contribution in [1.29, 1.82) is 0 Å². The highest BCUT2D eigenvalue weighted by atomic mass is 19.4. The predicted octanol–water partition coefficient (Wildman–Crippen LogP) is 9.05. The molecule has 0 spiro atoms. The number of benzene rings is 2. The predicted molar refractivity (Wildman–Crippen MR) is 180 cm³/mol. The van der Waals surface area contributed by atoms with E-state index in [0.29, 0.717) is 64.7 Å². The van der Waals surface area contributed by atoms with Crippen LogP contribution in [0.15, 0.2) is 6.07 Å². The summed E-state index contributed by atoms with van der Waals surface area (Å²) in [5.41, 5.74) is 4.84. The average molecular weight is 690 g/mol. The second kappa shape index (κ2) is 13.9. The first-order valence-electron chi connectivity index (χ1n) is 17.6. The van der Waals surface area contributed by atoms with Crippen molar-refractivity contribution in [2.45, 2.75) is 131 Å². The van der Waals surface area contributed by atoms with Gasteiger partial charge in [-0.05, 0) is 136 Å². The Morgan fingerprint density at radius 2 is 1.67 bits per heavy atom. The fourth-order valence-corrected chi connectivity index (χ4v) is 8.21. The van der Waals surface area contributed by atoms with Crippen molar-refractivity contribution in [3.63, 3.8) is 0 Å². The van der Waals surface area contributed by atoms with Crippen molar-refractivity contribution in [1.82, 2.24) is 4.90 Å². The molecule has 5 rings (SSSR count). The molecule has 2 aromatic carbocycles. The summed E-state index contributed by atoms with van der Waals surface area (Å²) in [5.74, 6) is -1.88. The maximum absolute atomic E-state index is 15.9. The van der Waals surface area contributed by atoms with Gasteiger partial charge in [-0.3, -0.25) is 4.79 Å². The van der Waals surface area contributed by atoms with Crippen molar-refractivity contribution in [3.05, 3.63) is 50.8 Å². The number of alkyl halides is 3. The van der Waals surface area contributed by atoms with Crippen molar-refractivity contribution < 1.29 is 41.4 Å². The van der Waals surface area contributed by atoms with Gasteiger partial charge in [0.1, 0.15) is 6.10 Å². The number of nitrogens with zero attached hydrogens (tertiary/aromatic N) is 1. The molecule has 49 heavy (non-hydrogen) atoms. The molecule has 2 heterocycles. The van der Waals surface area contributed by atoms with E-state index in [1.807, 2.05) is 34.6 Å². The second-order valence-corrected chi connectivity index (χ2v) is 15.7. The fraction of sp³-hybridized carbons (Fsp3) is 0.641. The molecule has 1 aliphatic carbocycles. The number of carbonyl (C=O) groups excluding carboxylic acids is 2. The molecular formula is C39H51F4NO5. The summed E-state index contributed by atoms with van der Waals surface area (Å²) in [4.78, 5) is 27.8. The lowest BCUT2D eigenvalue weighted by Gasteiger charge is -2.39. The Kier molecular flexibility index (Phi) is 10.5. The lowest BCUT2D eigenvalue weighted by atomic mass is 9.75. The van der Waals surface area contributed by atoms with Gasteiger partial charge < -0.3 is 19.1 Å². The Balaban J connectivity index is 1.74. The first-order chi connectivity index (χ1) is 22.8. The summed E-state index contributed by atoms with van der Waals surface area (Å²) in [6.45, 7) is 17.5. The second-order valence-electron chi connectivity index (χ2n) is 15.7. The van der Waals surface area contributed by atoms with Gasteiger partial charge >= 0.3 is 18.1 Å². The van der Waals surface area contributed by atoms with Gasteiger partial charge in [-0.1, -0.05) is 27.2 Å². The number of hydrogen-bond donors (Lipinski definition) is 0. The number of ether oxygens (including phenoxy) is 3. The van der Waals surface area contributed by atoms with Crippen LogP contribution >= 0.6 is 0 Å². The quantitative estimate of drug-likeness (QED) is 0.224. The van der Waals surface area contributed by atoms with Gasteiger partial charge in [-0.15, -0.1) is 0 Å². The van der Waals surface area contributed by atoms with E-state index in [1.165, 1.54) is 6.07 Å². The molecule has 270 valence electrons. The maximum atomic E-state index is 15.9. The molecule has 1 fully saturated rings. The molecule has 2 aliphatic heterocycles. The van der Waals surface area contributed by atoms with Crippen LogP contribution in [0, 0.1) is 44.3 Å². The van der Waals surface area contributed by atoms with E-state index >= 15 is 4.39 Å². The Hall–Kier alpha value is -3.14. The Morgan fingerprint density at radius 3 is 2.31 bits per heavy atom. The van der Waals surface area contributed by atoms with Crippen LogP contribution in [-0.2, 0) is 38.4 Å². The summed E-state index contributed by atoms with van der Waals surface area (Å²) < 4.78 is 75.4. The van der Waals surface area contributed by atoms with E-state index in [4.69, 9.17) is 14.2 Å². The molecule has 4 atom stereocenters. The lowest BCUT2D eigenvalue weighted by molar-refractivity contribution is -0.186. The van der Waals surface area contributed by atoms with Crippen LogP contribution in [0.4, 0.5) is 17.6 Å². The largest absolute Gasteiger partial charge is 0.490 e. The highest BCUT2D eigenvalue weighted by Crippen LogP contribution is 2.47. The standard InChI is InChI=1S/C39H51F4NO5/c1-20(2)25-13-12-21(3)17-31(25)48-36(45)35(49-38(7,8)9)33-23(5)26-14-15-44(37(46)39(41,42)43)19-29(26)24(6)32(33)28-18-30(40)34-27(22(28)4)11-10-16-47-34/h18,20-21,25,31,35H,10-17,19H2,1-9H3/t21-,25+,31+,35?/m1/s1. The lowest BCUT2D eigenvalue weighted by Crippen LogP contribution is -2.44. The van der Waals surface area contributed by atoms with Crippen LogP contribution in [0.25, 0.3) is 11.1 Å². The minimum absolute atomic E-state index is 0.125. The van der Waals surface area contributed by atoms with Crippen molar-refractivity contribution in [2.75, 3.05) is 13.2 Å². The third-order valence-electron chi connectivity index (χ3n) is 10.7. The van der Waals surface area contributed by atoms with Crippen LogP contribution in [0.1, 0.15) is 112 Å². The highest BCUT2D eigenvalue weighted by Gasteiger charge is 2.45.